The van der Waals surface area contributed by atoms with Gasteiger partial charge in [-0.15, -0.1) is 0 Å². The maximum atomic E-state index is 12.7. The highest BCUT2D eigenvalue weighted by Gasteiger charge is 2.34. The first-order valence-electron chi connectivity index (χ1n) is 10.3. The van der Waals surface area contributed by atoms with Crippen molar-refractivity contribution in [1.82, 2.24) is 9.78 Å². The van der Waals surface area contributed by atoms with Crippen LogP contribution in [0.15, 0.2) is 66.9 Å². The van der Waals surface area contributed by atoms with Gasteiger partial charge in [0, 0.05) is 28.3 Å². The fourth-order valence-electron chi connectivity index (χ4n) is 3.47. The Hall–Kier alpha value is -3.42. The van der Waals surface area contributed by atoms with Gasteiger partial charge >= 0.3 is 11.9 Å². The average Bonchev–Trinajstić information content (AvgIpc) is 3.26. The van der Waals surface area contributed by atoms with Gasteiger partial charge in [-0.05, 0) is 43.7 Å². The summed E-state index contributed by atoms with van der Waals surface area (Å²) in [5.41, 5.74) is 2.45. The molecule has 0 fully saturated rings. The van der Waals surface area contributed by atoms with Crippen molar-refractivity contribution >= 4 is 23.5 Å². The predicted octanol–water partition coefficient (Wildman–Crippen LogP) is 4.56. The average molecular weight is 469 g/mol. The van der Waals surface area contributed by atoms with Crippen molar-refractivity contribution in [1.29, 1.82) is 0 Å². The lowest BCUT2D eigenvalue weighted by atomic mass is 9.83. The number of rotatable bonds is 8. The number of aromatic nitrogens is 2. The van der Waals surface area contributed by atoms with E-state index in [1.54, 1.807) is 43.3 Å². The Balaban J connectivity index is 2.13. The molecule has 1 heterocycles. The number of ether oxygens (including phenoxy) is 2. The van der Waals surface area contributed by atoms with E-state index in [2.05, 4.69) is 11.7 Å². The van der Waals surface area contributed by atoms with E-state index in [0.29, 0.717) is 16.3 Å². The molecule has 8 heteroatoms. The van der Waals surface area contributed by atoms with Crippen LogP contribution in [0.4, 0.5) is 0 Å². The van der Waals surface area contributed by atoms with Crippen molar-refractivity contribution in [2.45, 2.75) is 25.9 Å². The number of benzene rings is 2. The molecule has 7 nitrogen and oxygen atoms in total. The largest absolute Gasteiger partial charge is 0.466 e. The number of aliphatic hydroxyl groups is 1. The summed E-state index contributed by atoms with van der Waals surface area (Å²) in [5.74, 6) is -2.23. The topological polar surface area (TPSA) is 90.6 Å². The molecule has 0 radical (unpaired) electrons. The molecule has 0 amide bonds. The molecule has 0 aliphatic carbocycles. The van der Waals surface area contributed by atoms with Crippen LogP contribution >= 0.6 is 11.6 Å². The smallest absolute Gasteiger partial charge is 0.359 e. The van der Waals surface area contributed by atoms with E-state index in [1.165, 1.54) is 18.0 Å². The van der Waals surface area contributed by atoms with Gasteiger partial charge in [0.25, 0.3) is 0 Å². The van der Waals surface area contributed by atoms with Gasteiger partial charge in [-0.1, -0.05) is 48.0 Å². The van der Waals surface area contributed by atoms with Crippen molar-refractivity contribution in [3.8, 4) is 5.69 Å². The second-order valence-electron chi connectivity index (χ2n) is 7.42. The molecule has 0 saturated carbocycles. The number of carbonyl (C=O) groups excluding carboxylic acids is 2. The number of aliphatic hydroxyl groups excluding tert-OH is 1. The fraction of sp³-hybridized carbons (Fsp3) is 0.240. The van der Waals surface area contributed by atoms with Crippen molar-refractivity contribution in [3.63, 3.8) is 0 Å². The molecule has 3 rings (SSSR count). The van der Waals surface area contributed by atoms with Crippen LogP contribution in [0.5, 0.6) is 0 Å². The third kappa shape index (κ3) is 5.32. The summed E-state index contributed by atoms with van der Waals surface area (Å²) < 4.78 is 11.5. The number of carbonyl (C=O) groups is 2. The van der Waals surface area contributed by atoms with Crippen molar-refractivity contribution in [2.24, 2.45) is 0 Å². The minimum atomic E-state index is -1.33. The van der Waals surface area contributed by atoms with E-state index < -0.39 is 24.0 Å². The zero-order valence-corrected chi connectivity index (χ0v) is 19.4. The maximum absolute atomic E-state index is 12.7. The second-order valence-corrected chi connectivity index (χ2v) is 7.86. The number of esters is 2. The number of aryl methyl sites for hydroxylation is 1. The third-order valence-electron chi connectivity index (χ3n) is 5.20. The minimum absolute atomic E-state index is 0.0444. The molecule has 0 spiro atoms. The molecule has 3 aromatic rings. The van der Waals surface area contributed by atoms with Crippen LogP contribution < -0.4 is 0 Å². The highest BCUT2D eigenvalue weighted by atomic mass is 35.5. The van der Waals surface area contributed by atoms with Crippen LogP contribution in [0.25, 0.3) is 5.69 Å². The van der Waals surface area contributed by atoms with Gasteiger partial charge in [0.15, 0.2) is 5.69 Å². The SMILES string of the molecule is C=C(C(=O)OC)C(c1ccc(C)cc1)C(O)c1cn(-c2ccc(Cl)cc2)nc1C(=O)OCC. The van der Waals surface area contributed by atoms with E-state index in [-0.39, 0.29) is 23.4 Å². The van der Waals surface area contributed by atoms with Gasteiger partial charge in [0.1, 0.15) is 0 Å². The molecule has 2 unspecified atom stereocenters. The first-order valence-corrected chi connectivity index (χ1v) is 10.7. The Morgan fingerprint density at radius 1 is 1.15 bits per heavy atom. The first kappa shape index (κ1) is 24.2. The van der Waals surface area contributed by atoms with Gasteiger partial charge in [0.2, 0.25) is 0 Å². The molecule has 1 aromatic heterocycles. The summed E-state index contributed by atoms with van der Waals surface area (Å²) in [5, 5.41) is 16.4. The molecule has 0 saturated heterocycles. The summed E-state index contributed by atoms with van der Waals surface area (Å²) in [6.07, 6.45) is 0.200. The number of halogens is 1. The molecule has 172 valence electrons. The quantitative estimate of drug-likeness (QED) is 0.385. The Morgan fingerprint density at radius 2 is 1.79 bits per heavy atom. The fourth-order valence-corrected chi connectivity index (χ4v) is 3.60. The zero-order chi connectivity index (χ0) is 24.1. The maximum Gasteiger partial charge on any atom is 0.359 e. The number of methoxy groups -OCH3 is 1. The summed E-state index contributed by atoms with van der Waals surface area (Å²) in [6, 6.07) is 14.2. The van der Waals surface area contributed by atoms with Gasteiger partial charge < -0.3 is 14.6 Å². The van der Waals surface area contributed by atoms with Crippen LogP contribution in [0.1, 0.15) is 46.1 Å². The van der Waals surface area contributed by atoms with Crippen LogP contribution in [0, 0.1) is 6.92 Å². The van der Waals surface area contributed by atoms with Crippen LogP contribution in [0.3, 0.4) is 0 Å². The highest BCUT2D eigenvalue weighted by molar-refractivity contribution is 6.30. The Morgan fingerprint density at radius 3 is 2.36 bits per heavy atom. The molecule has 0 aliphatic heterocycles. The Kier molecular flexibility index (Phi) is 7.68. The zero-order valence-electron chi connectivity index (χ0n) is 18.6. The summed E-state index contributed by atoms with van der Waals surface area (Å²) in [7, 11) is 1.24. The van der Waals surface area contributed by atoms with E-state index in [4.69, 9.17) is 21.1 Å². The lowest BCUT2D eigenvalue weighted by molar-refractivity contribution is -0.136. The minimum Gasteiger partial charge on any atom is -0.466 e. The van der Waals surface area contributed by atoms with Crippen LogP contribution in [0.2, 0.25) is 5.02 Å². The van der Waals surface area contributed by atoms with E-state index in [9.17, 15) is 14.7 Å². The third-order valence-corrected chi connectivity index (χ3v) is 5.45. The standard InChI is InChI=1S/C25H25ClN2O5/c1-5-33-25(31)22-20(14-28(27-22)19-12-10-18(26)11-13-19)23(29)21(16(3)24(30)32-4)17-8-6-15(2)7-9-17/h6-14,21,23,29H,3,5H2,1-2,4H3. The van der Waals surface area contributed by atoms with Gasteiger partial charge in [-0.2, -0.15) is 5.10 Å². The molecule has 33 heavy (non-hydrogen) atoms. The van der Waals surface area contributed by atoms with Gasteiger partial charge in [-0.3, -0.25) is 0 Å². The molecule has 1 N–H and O–H groups in total. The van der Waals surface area contributed by atoms with Crippen LogP contribution in [-0.2, 0) is 14.3 Å². The highest BCUT2D eigenvalue weighted by Crippen LogP contribution is 2.38. The molecule has 2 aromatic carbocycles. The summed E-state index contributed by atoms with van der Waals surface area (Å²) in [6.45, 7) is 7.61. The molecule has 0 bridgehead atoms. The Bertz CT molecular complexity index is 1150. The van der Waals surface area contributed by atoms with E-state index in [1.807, 2.05) is 19.1 Å². The summed E-state index contributed by atoms with van der Waals surface area (Å²) >= 11 is 5.98. The lowest BCUT2D eigenvalue weighted by Crippen LogP contribution is -2.21. The molecular formula is C25H25ClN2O5. The number of hydrogen-bond acceptors (Lipinski definition) is 6. The lowest BCUT2D eigenvalue weighted by Gasteiger charge is -2.24. The Labute approximate surface area is 197 Å². The normalized spacial score (nSPS) is 12.6. The van der Waals surface area contributed by atoms with Crippen molar-refractivity contribution < 1.29 is 24.2 Å². The molecular weight excluding hydrogens is 444 g/mol. The van der Waals surface area contributed by atoms with E-state index in [0.717, 1.165) is 5.56 Å². The van der Waals surface area contributed by atoms with Crippen molar-refractivity contribution in [3.05, 3.63) is 94.3 Å². The number of hydrogen-bond donors (Lipinski definition) is 1. The first-order chi connectivity index (χ1) is 15.8. The van der Waals surface area contributed by atoms with Crippen LogP contribution in [-0.4, -0.2) is 40.5 Å². The predicted molar refractivity (Wildman–Crippen MR) is 125 cm³/mol. The van der Waals surface area contributed by atoms with E-state index >= 15 is 0 Å². The second kappa shape index (κ2) is 10.5. The summed E-state index contributed by atoms with van der Waals surface area (Å²) in [4.78, 5) is 25.0. The van der Waals surface area contributed by atoms with Gasteiger partial charge in [0.05, 0.1) is 25.5 Å². The van der Waals surface area contributed by atoms with Crippen molar-refractivity contribution in [2.75, 3.05) is 13.7 Å². The monoisotopic (exact) mass is 468 g/mol. The van der Waals surface area contributed by atoms with Gasteiger partial charge in [-0.25, -0.2) is 14.3 Å². The number of nitrogens with zero attached hydrogens (tertiary/aromatic N) is 2. The molecule has 0 aliphatic rings. The molecule has 2 atom stereocenters.